The molecule has 0 amide bonds. The second kappa shape index (κ2) is 5.61. The molecule has 0 heterocycles. The zero-order valence-corrected chi connectivity index (χ0v) is 12.0. The molecular formula is C14H21NO3S. The molecule has 1 saturated carbocycles. The van der Waals surface area contributed by atoms with Gasteiger partial charge in [-0.2, -0.15) is 0 Å². The lowest BCUT2D eigenvalue weighted by atomic mass is 10.0. The third kappa shape index (κ3) is 4.03. The highest BCUT2D eigenvalue weighted by Crippen LogP contribution is 2.29. The number of rotatable bonds is 5. The number of nitrogens with one attached hydrogen (secondary N) is 1. The molecule has 1 aliphatic rings. The molecule has 2 N–H and O–H groups in total. The van der Waals surface area contributed by atoms with Crippen LogP contribution in [0.4, 0.5) is 0 Å². The second-order valence-corrected chi connectivity index (χ2v) is 7.33. The standard InChI is InChI=1S/C14H21NO3S/c1-14(8-2-3-9-14)15-19(17,18)11-13-6-4-12(10-16)5-7-13/h4-7,15-16H,2-3,8-11H2,1H3. The number of aliphatic hydroxyl groups excluding tert-OH is 1. The van der Waals surface area contributed by atoms with Gasteiger partial charge in [0.1, 0.15) is 0 Å². The fourth-order valence-electron chi connectivity index (χ4n) is 2.63. The van der Waals surface area contributed by atoms with Gasteiger partial charge in [0.05, 0.1) is 12.4 Å². The van der Waals surface area contributed by atoms with Gasteiger partial charge in [0.2, 0.25) is 10.0 Å². The molecule has 0 radical (unpaired) electrons. The second-order valence-electron chi connectivity index (χ2n) is 5.60. The minimum Gasteiger partial charge on any atom is -0.392 e. The molecule has 1 aromatic rings. The van der Waals surface area contributed by atoms with E-state index < -0.39 is 10.0 Å². The third-order valence-electron chi connectivity index (χ3n) is 3.67. The van der Waals surface area contributed by atoms with Crippen molar-refractivity contribution in [2.45, 2.75) is 50.5 Å². The molecule has 1 aliphatic carbocycles. The normalized spacial score (nSPS) is 18.6. The minimum absolute atomic E-state index is 0.00566. The molecule has 106 valence electrons. The van der Waals surface area contributed by atoms with Gasteiger partial charge in [-0.1, -0.05) is 37.1 Å². The molecule has 2 rings (SSSR count). The Morgan fingerprint density at radius 3 is 2.21 bits per heavy atom. The Balaban J connectivity index is 2.03. The quantitative estimate of drug-likeness (QED) is 0.867. The van der Waals surface area contributed by atoms with Crippen LogP contribution in [0.25, 0.3) is 0 Å². The van der Waals surface area contributed by atoms with Crippen LogP contribution in [0.1, 0.15) is 43.7 Å². The molecular weight excluding hydrogens is 262 g/mol. The van der Waals surface area contributed by atoms with Crippen molar-refractivity contribution in [1.82, 2.24) is 4.72 Å². The molecule has 0 aliphatic heterocycles. The summed E-state index contributed by atoms with van der Waals surface area (Å²) >= 11 is 0. The lowest BCUT2D eigenvalue weighted by Gasteiger charge is -2.24. The third-order valence-corrected chi connectivity index (χ3v) is 5.19. The van der Waals surface area contributed by atoms with E-state index in [0.29, 0.717) is 0 Å². The molecule has 4 nitrogen and oxygen atoms in total. The van der Waals surface area contributed by atoms with Crippen LogP contribution in [0.2, 0.25) is 0 Å². The van der Waals surface area contributed by atoms with Crippen molar-refractivity contribution >= 4 is 10.0 Å². The van der Waals surface area contributed by atoms with E-state index in [2.05, 4.69) is 4.72 Å². The first-order chi connectivity index (χ1) is 8.92. The SMILES string of the molecule is CC1(NS(=O)(=O)Cc2ccc(CO)cc2)CCCC1. The lowest BCUT2D eigenvalue weighted by Crippen LogP contribution is -2.43. The van der Waals surface area contributed by atoms with Crippen LogP contribution < -0.4 is 4.72 Å². The summed E-state index contributed by atoms with van der Waals surface area (Å²) in [5.41, 5.74) is 1.26. The fraction of sp³-hybridized carbons (Fsp3) is 0.571. The van der Waals surface area contributed by atoms with E-state index in [0.717, 1.165) is 36.8 Å². The largest absolute Gasteiger partial charge is 0.392 e. The van der Waals surface area contributed by atoms with Gasteiger partial charge in [-0.15, -0.1) is 0 Å². The summed E-state index contributed by atoms with van der Waals surface area (Å²) < 4.78 is 27.1. The topological polar surface area (TPSA) is 66.4 Å². The number of sulfonamides is 1. The molecule has 0 bridgehead atoms. The molecule has 0 spiro atoms. The Hall–Kier alpha value is -0.910. The van der Waals surface area contributed by atoms with Crippen molar-refractivity contribution in [1.29, 1.82) is 0 Å². The number of hydrogen-bond donors (Lipinski definition) is 2. The maximum Gasteiger partial charge on any atom is 0.216 e. The van der Waals surface area contributed by atoms with E-state index in [1.165, 1.54) is 0 Å². The summed E-state index contributed by atoms with van der Waals surface area (Å²) in [6.07, 6.45) is 4.00. The Morgan fingerprint density at radius 2 is 1.68 bits per heavy atom. The van der Waals surface area contributed by atoms with Crippen molar-refractivity contribution in [3.05, 3.63) is 35.4 Å². The average Bonchev–Trinajstić information content (AvgIpc) is 2.75. The zero-order valence-electron chi connectivity index (χ0n) is 11.2. The predicted molar refractivity (Wildman–Crippen MR) is 75.0 cm³/mol. The minimum atomic E-state index is -3.31. The summed E-state index contributed by atoms with van der Waals surface area (Å²) in [5.74, 6) is -0.00566. The van der Waals surface area contributed by atoms with E-state index >= 15 is 0 Å². The van der Waals surface area contributed by atoms with E-state index in [1.807, 2.05) is 6.92 Å². The average molecular weight is 283 g/mol. The van der Waals surface area contributed by atoms with E-state index in [1.54, 1.807) is 24.3 Å². The monoisotopic (exact) mass is 283 g/mol. The first-order valence-corrected chi connectivity index (χ1v) is 8.28. The zero-order chi connectivity index (χ0) is 13.9. The van der Waals surface area contributed by atoms with Gasteiger partial charge in [-0.25, -0.2) is 13.1 Å². The van der Waals surface area contributed by atoms with Crippen LogP contribution in [0.15, 0.2) is 24.3 Å². The van der Waals surface area contributed by atoms with Gasteiger partial charge in [-0.05, 0) is 30.9 Å². The van der Waals surface area contributed by atoms with E-state index in [4.69, 9.17) is 5.11 Å². The van der Waals surface area contributed by atoms with Gasteiger partial charge in [0.25, 0.3) is 0 Å². The Labute approximate surface area is 114 Å². The maximum absolute atomic E-state index is 12.2. The van der Waals surface area contributed by atoms with Crippen LogP contribution in [-0.4, -0.2) is 19.1 Å². The molecule has 19 heavy (non-hydrogen) atoms. The fourth-order valence-corrected chi connectivity index (χ4v) is 4.29. The smallest absolute Gasteiger partial charge is 0.216 e. The van der Waals surface area contributed by atoms with Crippen LogP contribution in [0.5, 0.6) is 0 Å². The van der Waals surface area contributed by atoms with E-state index in [-0.39, 0.29) is 17.9 Å². The van der Waals surface area contributed by atoms with Gasteiger partial charge in [-0.3, -0.25) is 0 Å². The summed E-state index contributed by atoms with van der Waals surface area (Å²) in [5, 5.41) is 8.95. The highest BCUT2D eigenvalue weighted by Gasteiger charge is 2.32. The van der Waals surface area contributed by atoms with Crippen LogP contribution in [0.3, 0.4) is 0 Å². The predicted octanol–water partition coefficient (Wildman–Crippen LogP) is 1.93. The highest BCUT2D eigenvalue weighted by molar-refractivity contribution is 7.88. The Bertz CT molecular complexity index is 516. The number of benzene rings is 1. The molecule has 0 unspecified atom stereocenters. The lowest BCUT2D eigenvalue weighted by molar-refractivity contribution is 0.282. The Kier molecular flexibility index (Phi) is 4.28. The van der Waals surface area contributed by atoms with E-state index in [9.17, 15) is 8.42 Å². The molecule has 0 aromatic heterocycles. The van der Waals surface area contributed by atoms with Gasteiger partial charge >= 0.3 is 0 Å². The van der Waals surface area contributed by atoms with Gasteiger partial charge < -0.3 is 5.11 Å². The Morgan fingerprint density at radius 1 is 1.16 bits per heavy atom. The van der Waals surface area contributed by atoms with Crippen LogP contribution in [0, 0.1) is 0 Å². The van der Waals surface area contributed by atoms with Crippen molar-refractivity contribution < 1.29 is 13.5 Å². The number of hydrogen-bond acceptors (Lipinski definition) is 3. The van der Waals surface area contributed by atoms with Crippen LogP contribution >= 0.6 is 0 Å². The molecule has 0 atom stereocenters. The molecule has 5 heteroatoms. The molecule has 0 saturated heterocycles. The molecule has 1 aromatic carbocycles. The summed E-state index contributed by atoms with van der Waals surface area (Å²) in [6.45, 7) is 1.95. The summed E-state index contributed by atoms with van der Waals surface area (Å²) in [7, 11) is -3.31. The van der Waals surface area contributed by atoms with Crippen molar-refractivity contribution in [2.24, 2.45) is 0 Å². The summed E-state index contributed by atoms with van der Waals surface area (Å²) in [6, 6.07) is 7.01. The summed E-state index contributed by atoms with van der Waals surface area (Å²) in [4.78, 5) is 0. The van der Waals surface area contributed by atoms with Crippen molar-refractivity contribution in [3.63, 3.8) is 0 Å². The maximum atomic E-state index is 12.2. The first-order valence-electron chi connectivity index (χ1n) is 6.63. The van der Waals surface area contributed by atoms with Gasteiger partial charge in [0, 0.05) is 5.54 Å². The van der Waals surface area contributed by atoms with Crippen LogP contribution in [-0.2, 0) is 22.4 Å². The highest BCUT2D eigenvalue weighted by atomic mass is 32.2. The van der Waals surface area contributed by atoms with Crippen molar-refractivity contribution in [3.8, 4) is 0 Å². The first kappa shape index (κ1) is 14.5. The van der Waals surface area contributed by atoms with Crippen molar-refractivity contribution in [2.75, 3.05) is 0 Å². The number of aliphatic hydroxyl groups is 1. The molecule has 1 fully saturated rings. The van der Waals surface area contributed by atoms with Gasteiger partial charge in [0.15, 0.2) is 0 Å².